The first-order valence-electron chi connectivity index (χ1n) is 7.38. The van der Waals surface area contributed by atoms with Crippen LogP contribution in [0, 0.1) is 0 Å². The van der Waals surface area contributed by atoms with E-state index in [0.29, 0.717) is 0 Å². The molecule has 0 aromatic heterocycles. The van der Waals surface area contributed by atoms with Crippen molar-refractivity contribution in [2.24, 2.45) is 10.8 Å². The summed E-state index contributed by atoms with van der Waals surface area (Å²) in [6.45, 7) is 7.27. The summed E-state index contributed by atoms with van der Waals surface area (Å²) in [5.41, 5.74) is 6.50. The van der Waals surface area contributed by atoms with Gasteiger partial charge in [0.15, 0.2) is 0 Å². The zero-order valence-corrected chi connectivity index (χ0v) is 13.8. The molecule has 2 rings (SSSR count). The molecule has 22 heavy (non-hydrogen) atoms. The van der Waals surface area contributed by atoms with Crippen LogP contribution < -0.4 is 16.3 Å². The summed E-state index contributed by atoms with van der Waals surface area (Å²) < 4.78 is 0. The van der Waals surface area contributed by atoms with Gasteiger partial charge in [-0.05, 0) is 17.0 Å². The molecule has 0 saturated heterocycles. The number of nitrogens with two attached hydrogens (primary N) is 1. The molecule has 0 aliphatic carbocycles. The molecule has 0 radical (unpaired) electrons. The molecule has 0 unspecified atom stereocenters. The lowest BCUT2D eigenvalue weighted by Crippen LogP contribution is -2.23. The SMILES string of the molecule is C=C(N(CCC)/N=C\N)P(c1ccccc1)c1ccccc1. The second-order valence-corrected chi connectivity index (χ2v) is 7.03. The lowest BCUT2D eigenvalue weighted by Gasteiger charge is -2.28. The smallest absolute Gasteiger partial charge is 0.106 e. The van der Waals surface area contributed by atoms with E-state index in [1.807, 2.05) is 17.1 Å². The van der Waals surface area contributed by atoms with Gasteiger partial charge in [0.2, 0.25) is 0 Å². The van der Waals surface area contributed by atoms with E-state index in [0.717, 1.165) is 18.4 Å². The van der Waals surface area contributed by atoms with Gasteiger partial charge in [-0.25, -0.2) is 0 Å². The van der Waals surface area contributed by atoms with E-state index >= 15 is 0 Å². The third-order valence-electron chi connectivity index (χ3n) is 3.23. The van der Waals surface area contributed by atoms with Crippen LogP contribution in [0.4, 0.5) is 0 Å². The van der Waals surface area contributed by atoms with Crippen LogP contribution in [0.5, 0.6) is 0 Å². The minimum Gasteiger partial charge on any atom is -0.388 e. The van der Waals surface area contributed by atoms with Crippen molar-refractivity contribution in [1.82, 2.24) is 5.01 Å². The first-order chi connectivity index (χ1) is 10.8. The molecule has 2 aromatic rings. The summed E-state index contributed by atoms with van der Waals surface area (Å²) in [7, 11) is -0.712. The molecule has 4 heteroatoms. The summed E-state index contributed by atoms with van der Waals surface area (Å²) in [5.74, 6) is 0. The van der Waals surface area contributed by atoms with Crippen molar-refractivity contribution in [2.75, 3.05) is 6.54 Å². The summed E-state index contributed by atoms with van der Waals surface area (Å²) >= 11 is 0. The van der Waals surface area contributed by atoms with Gasteiger partial charge in [0, 0.05) is 14.5 Å². The Morgan fingerprint density at radius 3 is 2.00 bits per heavy atom. The van der Waals surface area contributed by atoms with E-state index in [-0.39, 0.29) is 0 Å². The summed E-state index contributed by atoms with van der Waals surface area (Å²) in [6.07, 6.45) is 2.33. The van der Waals surface area contributed by atoms with Crippen molar-refractivity contribution < 1.29 is 0 Å². The molecule has 0 aliphatic rings. The Hall–Kier alpha value is -2.12. The Morgan fingerprint density at radius 2 is 1.59 bits per heavy atom. The minimum atomic E-state index is -0.712. The van der Waals surface area contributed by atoms with E-state index in [2.05, 4.69) is 67.1 Å². The van der Waals surface area contributed by atoms with Gasteiger partial charge in [0.25, 0.3) is 0 Å². The fourth-order valence-electron chi connectivity index (χ4n) is 2.26. The zero-order chi connectivity index (χ0) is 15.8. The predicted octanol–water partition coefficient (Wildman–Crippen LogP) is 3.20. The van der Waals surface area contributed by atoms with Gasteiger partial charge in [-0.15, -0.1) is 0 Å². The lowest BCUT2D eigenvalue weighted by molar-refractivity contribution is 0.390. The Bertz CT molecular complexity index is 571. The maximum absolute atomic E-state index is 5.51. The third kappa shape index (κ3) is 3.96. The average molecular weight is 311 g/mol. The minimum absolute atomic E-state index is 0.712. The van der Waals surface area contributed by atoms with Crippen molar-refractivity contribution in [3.05, 3.63) is 72.7 Å². The fourth-order valence-corrected chi connectivity index (χ4v) is 4.48. The van der Waals surface area contributed by atoms with E-state index in [1.165, 1.54) is 16.9 Å². The molecular formula is C18H22N3P. The first-order valence-corrected chi connectivity index (χ1v) is 8.73. The summed E-state index contributed by atoms with van der Waals surface area (Å²) in [5, 5.41) is 8.74. The molecule has 0 fully saturated rings. The second kappa shape index (κ2) is 8.35. The molecule has 0 spiro atoms. The summed E-state index contributed by atoms with van der Waals surface area (Å²) in [4.78, 5) is 0. The van der Waals surface area contributed by atoms with Crippen LogP contribution >= 0.6 is 7.92 Å². The highest BCUT2D eigenvalue weighted by Gasteiger charge is 2.21. The standard InChI is InChI=1S/C18H22N3P/c1-3-14-21(20-15-19)16(2)22(17-10-6-4-7-11-17)18-12-8-5-9-13-18/h4-13,15H,2-3,14H2,1H3,(H2,19,20). The molecule has 3 nitrogen and oxygen atoms in total. The van der Waals surface area contributed by atoms with Gasteiger partial charge < -0.3 is 5.73 Å². The Kier molecular flexibility index (Phi) is 6.17. The normalized spacial score (nSPS) is 11.0. The average Bonchev–Trinajstić information content (AvgIpc) is 2.57. The van der Waals surface area contributed by atoms with Crippen LogP contribution in [0.3, 0.4) is 0 Å². The number of benzene rings is 2. The van der Waals surface area contributed by atoms with Gasteiger partial charge in [-0.1, -0.05) is 74.2 Å². The Labute approximate surface area is 133 Å². The highest BCUT2D eigenvalue weighted by atomic mass is 31.1. The number of hydrogen-bond donors (Lipinski definition) is 1. The van der Waals surface area contributed by atoms with Gasteiger partial charge in [-0.2, -0.15) is 5.10 Å². The summed E-state index contributed by atoms with van der Waals surface area (Å²) in [6, 6.07) is 20.9. The number of hydrazone groups is 1. The van der Waals surface area contributed by atoms with Crippen molar-refractivity contribution >= 4 is 24.9 Å². The Morgan fingerprint density at radius 1 is 1.09 bits per heavy atom. The monoisotopic (exact) mass is 311 g/mol. The van der Waals surface area contributed by atoms with Crippen molar-refractivity contribution in [2.45, 2.75) is 13.3 Å². The molecule has 0 bridgehead atoms. The van der Waals surface area contributed by atoms with E-state index in [1.54, 1.807) is 0 Å². The van der Waals surface area contributed by atoms with Crippen LogP contribution in [0.1, 0.15) is 13.3 Å². The van der Waals surface area contributed by atoms with Crippen molar-refractivity contribution in [1.29, 1.82) is 0 Å². The molecule has 114 valence electrons. The van der Waals surface area contributed by atoms with Crippen LogP contribution in [-0.4, -0.2) is 17.9 Å². The van der Waals surface area contributed by atoms with Crippen LogP contribution in [0.25, 0.3) is 0 Å². The maximum atomic E-state index is 5.51. The van der Waals surface area contributed by atoms with Gasteiger partial charge >= 0.3 is 0 Å². The van der Waals surface area contributed by atoms with Gasteiger partial charge in [0.1, 0.15) is 6.34 Å². The molecule has 0 amide bonds. The molecule has 0 heterocycles. The molecule has 2 aromatic carbocycles. The highest BCUT2D eigenvalue weighted by molar-refractivity contribution is 7.76. The van der Waals surface area contributed by atoms with E-state index in [9.17, 15) is 0 Å². The third-order valence-corrected chi connectivity index (χ3v) is 5.60. The highest BCUT2D eigenvalue weighted by Crippen LogP contribution is 2.43. The van der Waals surface area contributed by atoms with Crippen LogP contribution in [0.2, 0.25) is 0 Å². The quantitative estimate of drug-likeness (QED) is 0.369. The van der Waals surface area contributed by atoms with Crippen LogP contribution in [-0.2, 0) is 0 Å². The molecular weight excluding hydrogens is 289 g/mol. The number of hydrogen-bond acceptors (Lipinski definition) is 2. The van der Waals surface area contributed by atoms with Crippen LogP contribution in [0.15, 0.2) is 77.8 Å². The molecule has 0 atom stereocenters. The topological polar surface area (TPSA) is 41.6 Å². The molecule has 0 saturated carbocycles. The fraction of sp³-hybridized carbons (Fsp3) is 0.167. The lowest BCUT2D eigenvalue weighted by atomic mass is 10.4. The zero-order valence-electron chi connectivity index (χ0n) is 12.9. The number of nitrogens with zero attached hydrogens (tertiary/aromatic N) is 2. The van der Waals surface area contributed by atoms with Crippen molar-refractivity contribution in [3.63, 3.8) is 0 Å². The maximum Gasteiger partial charge on any atom is 0.106 e. The van der Waals surface area contributed by atoms with Gasteiger partial charge in [-0.3, -0.25) is 5.01 Å². The van der Waals surface area contributed by atoms with E-state index in [4.69, 9.17) is 5.73 Å². The molecule has 0 aliphatic heterocycles. The van der Waals surface area contributed by atoms with Crippen molar-refractivity contribution in [3.8, 4) is 0 Å². The largest absolute Gasteiger partial charge is 0.388 e. The Balaban J connectivity index is 2.42. The second-order valence-electron chi connectivity index (χ2n) is 4.81. The first kappa shape index (κ1) is 16.3. The van der Waals surface area contributed by atoms with E-state index < -0.39 is 7.92 Å². The molecule has 2 N–H and O–H groups in total. The van der Waals surface area contributed by atoms with Gasteiger partial charge in [0.05, 0.1) is 5.44 Å². The number of rotatable bonds is 7. The predicted molar refractivity (Wildman–Crippen MR) is 97.9 cm³/mol.